The molecule has 1 aromatic carbocycles. The lowest BCUT2D eigenvalue weighted by Gasteiger charge is -2.31. The lowest BCUT2D eigenvalue weighted by molar-refractivity contribution is -0.171. The number of amides is 1. The van der Waals surface area contributed by atoms with Crippen LogP contribution in [-0.4, -0.2) is 58.8 Å². The highest BCUT2D eigenvalue weighted by molar-refractivity contribution is 6.30. The van der Waals surface area contributed by atoms with Crippen LogP contribution in [0.3, 0.4) is 0 Å². The lowest BCUT2D eigenvalue weighted by atomic mass is 9.82. The van der Waals surface area contributed by atoms with Crippen LogP contribution in [0.25, 0.3) is 0 Å². The van der Waals surface area contributed by atoms with Crippen molar-refractivity contribution >= 4 is 40.5 Å². The average molecular weight is 586 g/mol. The van der Waals surface area contributed by atoms with Gasteiger partial charge in [0.05, 0.1) is 11.5 Å². The maximum Gasteiger partial charge on any atom is 0.397 e. The Bertz CT molecular complexity index is 1470. The first-order valence-electron chi connectivity index (χ1n) is 13.1. The van der Waals surface area contributed by atoms with E-state index in [1.54, 1.807) is 18.2 Å². The molecule has 1 aliphatic heterocycles. The van der Waals surface area contributed by atoms with Gasteiger partial charge in [0, 0.05) is 40.4 Å². The van der Waals surface area contributed by atoms with Crippen molar-refractivity contribution in [1.29, 1.82) is 5.41 Å². The molecule has 8 nitrogen and oxygen atoms in total. The van der Waals surface area contributed by atoms with Crippen molar-refractivity contribution in [1.82, 2.24) is 14.9 Å². The number of hydrogen-bond acceptors (Lipinski definition) is 7. The molecule has 41 heavy (non-hydrogen) atoms. The molecule has 12 heteroatoms. The molecule has 2 aromatic rings. The van der Waals surface area contributed by atoms with E-state index >= 15 is 0 Å². The first-order valence-corrected chi connectivity index (χ1v) is 13.5. The molecule has 1 fully saturated rings. The van der Waals surface area contributed by atoms with Gasteiger partial charge in [-0.25, -0.2) is 9.97 Å². The van der Waals surface area contributed by atoms with E-state index in [4.69, 9.17) is 22.7 Å². The number of anilines is 3. The van der Waals surface area contributed by atoms with E-state index in [1.807, 2.05) is 14.0 Å². The van der Waals surface area contributed by atoms with E-state index < -0.39 is 23.9 Å². The predicted octanol–water partition coefficient (Wildman–Crippen LogP) is 5.11. The molecule has 0 spiro atoms. The van der Waals surface area contributed by atoms with Crippen molar-refractivity contribution in [2.75, 3.05) is 36.5 Å². The number of nitrogens with two attached hydrogens (primary N) is 1. The molecule has 0 bridgehead atoms. The first kappa shape index (κ1) is 30.1. The second-order valence-electron chi connectivity index (χ2n) is 10.3. The van der Waals surface area contributed by atoms with Crippen molar-refractivity contribution in [3.8, 4) is 11.8 Å². The number of likely N-dealkylation sites (N-methyl/N-ethyl adjacent to an activating group) is 1. The largest absolute Gasteiger partial charge is 0.397 e. The van der Waals surface area contributed by atoms with Gasteiger partial charge in [-0.3, -0.25) is 10.2 Å². The van der Waals surface area contributed by atoms with E-state index in [2.05, 4.69) is 37.3 Å². The number of halogens is 4. The summed E-state index contributed by atoms with van der Waals surface area (Å²) in [6.45, 7) is 4.99. The SMILES string of the molecule is Cc1ccc(NC(=O)C2=CC=C(Cl)C(C(F)(F)F)C2C)cc1C#CC(=N)c1c(N)ncnc1N[C@@H]1CCCN(C)C1. The Morgan fingerprint density at radius 3 is 2.73 bits per heavy atom. The van der Waals surface area contributed by atoms with Gasteiger partial charge >= 0.3 is 6.18 Å². The van der Waals surface area contributed by atoms with Crippen molar-refractivity contribution in [2.24, 2.45) is 11.8 Å². The fraction of sp³-hybridized carbons (Fsp3) is 0.379. The molecule has 1 amide bonds. The summed E-state index contributed by atoms with van der Waals surface area (Å²) >= 11 is 5.82. The van der Waals surface area contributed by atoms with Crippen LogP contribution in [0.1, 0.15) is 36.5 Å². The van der Waals surface area contributed by atoms with Gasteiger partial charge in [-0.2, -0.15) is 13.2 Å². The number of nitrogen functional groups attached to an aromatic ring is 1. The van der Waals surface area contributed by atoms with Crippen molar-refractivity contribution in [3.63, 3.8) is 0 Å². The highest BCUT2D eigenvalue weighted by Gasteiger charge is 2.48. The van der Waals surface area contributed by atoms with Crippen LogP contribution < -0.4 is 16.4 Å². The molecule has 3 atom stereocenters. The lowest BCUT2D eigenvalue weighted by Crippen LogP contribution is -2.40. The number of carbonyl (C=O) groups excluding carboxylic acids is 1. The zero-order valence-corrected chi connectivity index (χ0v) is 23.6. The summed E-state index contributed by atoms with van der Waals surface area (Å²) in [5.74, 6) is 2.56. The van der Waals surface area contributed by atoms with Gasteiger partial charge in [0.15, 0.2) is 0 Å². The van der Waals surface area contributed by atoms with Crippen LogP contribution in [-0.2, 0) is 4.79 Å². The minimum absolute atomic E-state index is 0.0320. The standard InChI is InChI=1S/C29H31ClF3N7O/c1-16-6-8-19(39-28(41)21-9-10-22(30)25(17(21)2)29(31,32)33)13-18(16)7-11-23(34)24-26(35)36-15-37-27(24)38-20-5-4-12-40(3)14-20/h6,8-10,13,15,17,20,25,34H,4-5,12,14H2,1-3H3,(H,39,41)(H3,35,36,37,38)/t17?,20-,25?/m1/s1. The summed E-state index contributed by atoms with van der Waals surface area (Å²) in [5.41, 5.74) is 7.96. The number of rotatable bonds is 5. The summed E-state index contributed by atoms with van der Waals surface area (Å²) in [6.07, 6.45) is 1.18. The maximum atomic E-state index is 13.5. The number of piperidine rings is 1. The Morgan fingerprint density at radius 2 is 2.02 bits per heavy atom. The van der Waals surface area contributed by atoms with Crippen molar-refractivity contribution in [3.05, 3.63) is 64.0 Å². The molecule has 5 N–H and O–H groups in total. The third-order valence-electron chi connectivity index (χ3n) is 7.23. The van der Waals surface area contributed by atoms with Crippen LogP contribution in [0.4, 0.5) is 30.5 Å². The minimum Gasteiger partial charge on any atom is -0.383 e. The molecule has 1 aromatic heterocycles. The zero-order valence-electron chi connectivity index (χ0n) is 22.9. The second-order valence-corrected chi connectivity index (χ2v) is 10.8. The third kappa shape index (κ3) is 7.07. The van der Waals surface area contributed by atoms with Crippen LogP contribution >= 0.6 is 11.6 Å². The van der Waals surface area contributed by atoms with E-state index in [-0.39, 0.29) is 28.2 Å². The van der Waals surface area contributed by atoms with Gasteiger partial charge in [-0.1, -0.05) is 36.6 Å². The van der Waals surface area contributed by atoms with E-state index in [1.165, 1.54) is 19.3 Å². The Kier molecular flexibility index (Phi) is 9.05. The summed E-state index contributed by atoms with van der Waals surface area (Å²) in [5, 5.41) is 14.3. The highest BCUT2D eigenvalue weighted by atomic mass is 35.5. The number of nitrogens with zero attached hydrogens (tertiary/aromatic N) is 3. The molecule has 4 rings (SSSR count). The predicted molar refractivity (Wildman–Crippen MR) is 155 cm³/mol. The molecule has 1 saturated heterocycles. The molecule has 2 aliphatic rings. The Hall–Kier alpha value is -3.88. The molecule has 0 saturated carbocycles. The summed E-state index contributed by atoms with van der Waals surface area (Å²) in [6, 6.07) is 5.11. The molecule has 216 valence electrons. The van der Waals surface area contributed by atoms with Crippen molar-refractivity contribution < 1.29 is 18.0 Å². The number of benzene rings is 1. The summed E-state index contributed by atoms with van der Waals surface area (Å²) in [7, 11) is 2.05. The van der Waals surface area contributed by atoms with Gasteiger partial charge in [-0.15, -0.1) is 0 Å². The van der Waals surface area contributed by atoms with Crippen LogP contribution in [0.2, 0.25) is 0 Å². The van der Waals surface area contributed by atoms with Crippen LogP contribution in [0.5, 0.6) is 0 Å². The van der Waals surface area contributed by atoms with Crippen LogP contribution in [0, 0.1) is 36.0 Å². The first-order chi connectivity index (χ1) is 19.3. The molecule has 0 radical (unpaired) electrons. The number of aromatic nitrogens is 2. The van der Waals surface area contributed by atoms with Gasteiger partial charge in [-0.05, 0) is 63.1 Å². The second kappa shape index (κ2) is 12.3. The smallest absolute Gasteiger partial charge is 0.383 e. The number of likely N-dealkylation sites (tertiary alicyclic amines) is 1. The van der Waals surface area contributed by atoms with Gasteiger partial charge < -0.3 is 21.3 Å². The number of alkyl halides is 3. The van der Waals surface area contributed by atoms with E-state index in [0.29, 0.717) is 22.6 Å². The molecule has 2 heterocycles. The van der Waals surface area contributed by atoms with Crippen molar-refractivity contribution in [2.45, 2.75) is 38.9 Å². The van der Waals surface area contributed by atoms with Gasteiger partial charge in [0.1, 0.15) is 23.7 Å². The normalized spacial score (nSPS) is 21.2. The monoisotopic (exact) mass is 585 g/mol. The Morgan fingerprint density at radius 1 is 1.27 bits per heavy atom. The number of hydrogen-bond donors (Lipinski definition) is 4. The fourth-order valence-corrected chi connectivity index (χ4v) is 5.40. The van der Waals surface area contributed by atoms with Crippen LogP contribution in [0.15, 0.2) is 47.3 Å². The third-order valence-corrected chi connectivity index (χ3v) is 7.60. The topological polar surface area (TPSA) is 120 Å². The maximum absolute atomic E-state index is 13.5. The quantitative estimate of drug-likeness (QED) is 0.286. The number of aryl methyl sites for hydroxylation is 1. The fourth-order valence-electron chi connectivity index (χ4n) is 5.03. The Labute approximate surface area is 241 Å². The molecular formula is C29H31ClF3N7O. The molecule has 1 aliphatic carbocycles. The highest BCUT2D eigenvalue weighted by Crippen LogP contribution is 2.44. The zero-order chi connectivity index (χ0) is 29.9. The number of nitrogens with one attached hydrogen (secondary N) is 3. The molecular weight excluding hydrogens is 555 g/mol. The van der Waals surface area contributed by atoms with E-state index in [0.717, 1.165) is 37.6 Å². The summed E-state index contributed by atoms with van der Waals surface area (Å²) < 4.78 is 40.6. The van der Waals surface area contributed by atoms with Gasteiger partial charge in [0.25, 0.3) is 5.91 Å². The van der Waals surface area contributed by atoms with Gasteiger partial charge in [0.2, 0.25) is 0 Å². The number of allylic oxidation sites excluding steroid dienone is 3. The van der Waals surface area contributed by atoms with E-state index in [9.17, 15) is 18.0 Å². The minimum atomic E-state index is -4.58. The summed E-state index contributed by atoms with van der Waals surface area (Å²) in [4.78, 5) is 23.5. The average Bonchev–Trinajstić information content (AvgIpc) is 2.88. The Balaban J connectivity index is 1.53. The molecule has 2 unspecified atom stereocenters. The number of carbonyl (C=O) groups is 1.